The van der Waals surface area contributed by atoms with Crippen molar-refractivity contribution in [2.75, 3.05) is 13.1 Å². The molecular weight excluding hydrogens is 268 g/mol. The summed E-state index contributed by atoms with van der Waals surface area (Å²) in [6.07, 6.45) is 7.04. The van der Waals surface area contributed by atoms with E-state index >= 15 is 0 Å². The lowest BCUT2D eigenvalue weighted by molar-refractivity contribution is 0.111. The molecule has 0 atom stereocenters. The summed E-state index contributed by atoms with van der Waals surface area (Å²) in [5.74, 6) is 0. The average molecular weight is 288 g/mol. The van der Waals surface area contributed by atoms with Crippen LogP contribution in [0.15, 0.2) is 46.9 Å². The number of aromatic nitrogens is 1. The van der Waals surface area contributed by atoms with E-state index in [4.69, 9.17) is 0 Å². The van der Waals surface area contributed by atoms with Crippen molar-refractivity contribution in [1.29, 1.82) is 0 Å². The minimum Gasteiger partial charge on any atom is -0.345 e. The molecule has 3 nitrogen and oxygen atoms in total. The second kappa shape index (κ2) is 6.29. The molecule has 1 aromatic rings. The molecule has 0 spiro atoms. The SMILES string of the molecule is C=CC1=C(/C=C\C)CN(Sc2cc(C=O)n(C)c2C)C1. The van der Waals surface area contributed by atoms with Crippen LogP contribution in [0.1, 0.15) is 23.1 Å². The molecule has 20 heavy (non-hydrogen) atoms. The van der Waals surface area contributed by atoms with E-state index in [1.165, 1.54) is 11.1 Å². The van der Waals surface area contributed by atoms with Gasteiger partial charge in [-0.05, 0) is 43.0 Å². The highest BCUT2D eigenvalue weighted by Gasteiger charge is 2.21. The Labute approximate surface area is 124 Å². The minimum absolute atomic E-state index is 0.717. The van der Waals surface area contributed by atoms with Gasteiger partial charge in [0.1, 0.15) is 0 Å². The van der Waals surface area contributed by atoms with Crippen molar-refractivity contribution < 1.29 is 4.79 Å². The minimum atomic E-state index is 0.717. The fourth-order valence-electron chi connectivity index (χ4n) is 2.30. The van der Waals surface area contributed by atoms with Crippen LogP contribution >= 0.6 is 11.9 Å². The molecule has 4 heteroatoms. The van der Waals surface area contributed by atoms with Crippen LogP contribution in [0.2, 0.25) is 0 Å². The van der Waals surface area contributed by atoms with Crippen LogP contribution in [0.4, 0.5) is 0 Å². The van der Waals surface area contributed by atoms with Crippen LogP contribution in [0, 0.1) is 6.92 Å². The zero-order chi connectivity index (χ0) is 14.7. The second-order valence-electron chi connectivity index (χ2n) is 4.84. The van der Waals surface area contributed by atoms with Crippen molar-refractivity contribution in [2.45, 2.75) is 18.7 Å². The number of hydrogen-bond donors (Lipinski definition) is 0. The van der Waals surface area contributed by atoms with E-state index in [9.17, 15) is 4.79 Å². The Morgan fingerprint density at radius 3 is 2.60 bits per heavy atom. The molecule has 0 fully saturated rings. The molecule has 1 aliphatic rings. The molecule has 1 aliphatic heterocycles. The van der Waals surface area contributed by atoms with Gasteiger partial charge >= 0.3 is 0 Å². The predicted molar refractivity (Wildman–Crippen MR) is 85.0 cm³/mol. The number of carbonyl (C=O) groups excluding carboxylic acids is 1. The van der Waals surface area contributed by atoms with Crippen LogP contribution in [0.25, 0.3) is 0 Å². The Morgan fingerprint density at radius 1 is 1.35 bits per heavy atom. The van der Waals surface area contributed by atoms with Gasteiger partial charge in [-0.25, -0.2) is 4.31 Å². The number of allylic oxidation sites excluding steroid dienone is 1. The van der Waals surface area contributed by atoms with Crippen molar-refractivity contribution in [1.82, 2.24) is 8.87 Å². The fourth-order valence-corrected chi connectivity index (χ4v) is 3.43. The maximum absolute atomic E-state index is 11.0. The lowest BCUT2D eigenvalue weighted by atomic mass is 10.1. The molecule has 106 valence electrons. The first-order valence-electron chi connectivity index (χ1n) is 6.62. The van der Waals surface area contributed by atoms with Gasteiger partial charge in [-0.1, -0.05) is 24.8 Å². The first kappa shape index (κ1) is 14.9. The van der Waals surface area contributed by atoms with Gasteiger partial charge in [-0.15, -0.1) is 0 Å². The van der Waals surface area contributed by atoms with Gasteiger partial charge in [0, 0.05) is 30.7 Å². The molecule has 1 aromatic heterocycles. The summed E-state index contributed by atoms with van der Waals surface area (Å²) in [5, 5.41) is 0. The van der Waals surface area contributed by atoms with E-state index in [0.29, 0.717) is 0 Å². The van der Waals surface area contributed by atoms with Crippen LogP contribution in [-0.4, -0.2) is 28.2 Å². The van der Waals surface area contributed by atoms with Crippen molar-refractivity contribution in [3.05, 3.63) is 53.4 Å². The molecule has 0 N–H and O–H groups in total. The van der Waals surface area contributed by atoms with Gasteiger partial charge in [0.2, 0.25) is 0 Å². The second-order valence-corrected chi connectivity index (χ2v) is 5.98. The number of nitrogens with zero attached hydrogens (tertiary/aromatic N) is 2. The summed E-state index contributed by atoms with van der Waals surface area (Å²) in [4.78, 5) is 12.1. The van der Waals surface area contributed by atoms with Gasteiger partial charge < -0.3 is 4.57 Å². The fraction of sp³-hybridized carbons (Fsp3) is 0.312. The number of hydrogen-bond acceptors (Lipinski definition) is 3. The summed E-state index contributed by atoms with van der Waals surface area (Å²) in [5.41, 5.74) is 4.44. The largest absolute Gasteiger partial charge is 0.345 e. The van der Waals surface area contributed by atoms with E-state index in [1.54, 1.807) is 11.9 Å². The smallest absolute Gasteiger partial charge is 0.166 e. The van der Waals surface area contributed by atoms with Crippen molar-refractivity contribution in [2.24, 2.45) is 7.05 Å². The van der Waals surface area contributed by atoms with Crippen molar-refractivity contribution in [3.63, 3.8) is 0 Å². The zero-order valence-electron chi connectivity index (χ0n) is 12.2. The molecule has 0 amide bonds. The standard InChI is InChI=1S/C16H20N2OS/c1-5-7-14-10-18(9-13(14)6-2)20-16-8-15(11-19)17(4)12(16)3/h5-8,11H,2,9-10H2,1,3-4H3/b7-5-. The van der Waals surface area contributed by atoms with Crippen LogP contribution in [-0.2, 0) is 7.05 Å². The normalized spacial score (nSPS) is 16.4. The molecule has 0 saturated carbocycles. The third-order valence-corrected chi connectivity index (χ3v) is 4.72. The Balaban J connectivity index is 2.14. The summed E-state index contributed by atoms with van der Waals surface area (Å²) < 4.78 is 4.23. The molecule has 0 unspecified atom stereocenters. The lowest BCUT2D eigenvalue weighted by Crippen LogP contribution is -2.12. The molecule has 0 aromatic carbocycles. The van der Waals surface area contributed by atoms with E-state index in [2.05, 4.69) is 23.0 Å². The average Bonchev–Trinajstić information content (AvgIpc) is 2.95. The van der Waals surface area contributed by atoms with Crippen LogP contribution < -0.4 is 0 Å². The van der Waals surface area contributed by atoms with Gasteiger partial charge in [-0.2, -0.15) is 0 Å². The predicted octanol–water partition coefficient (Wildman–Crippen LogP) is 3.53. The molecule has 2 rings (SSSR count). The van der Waals surface area contributed by atoms with E-state index in [1.807, 2.05) is 37.6 Å². The molecular formula is C16H20N2OS. The molecule has 0 radical (unpaired) electrons. The van der Waals surface area contributed by atoms with Crippen LogP contribution in [0.3, 0.4) is 0 Å². The molecule has 2 heterocycles. The first-order valence-corrected chi connectivity index (χ1v) is 7.39. The summed E-state index contributed by atoms with van der Waals surface area (Å²) in [6, 6.07) is 1.95. The topological polar surface area (TPSA) is 25.2 Å². The molecule has 0 bridgehead atoms. The summed E-state index contributed by atoms with van der Waals surface area (Å²) in [6.45, 7) is 9.75. The van der Waals surface area contributed by atoms with Crippen molar-refractivity contribution >= 4 is 18.2 Å². The Morgan fingerprint density at radius 2 is 2.05 bits per heavy atom. The van der Waals surface area contributed by atoms with Gasteiger partial charge in [0.15, 0.2) is 6.29 Å². The summed E-state index contributed by atoms with van der Waals surface area (Å²) >= 11 is 1.71. The maximum atomic E-state index is 11.0. The third kappa shape index (κ3) is 2.81. The Hall–Kier alpha value is -1.52. The highest BCUT2D eigenvalue weighted by Crippen LogP contribution is 2.33. The Kier molecular flexibility index (Phi) is 4.68. The highest BCUT2D eigenvalue weighted by molar-refractivity contribution is 7.97. The van der Waals surface area contributed by atoms with Crippen molar-refractivity contribution in [3.8, 4) is 0 Å². The van der Waals surface area contributed by atoms with E-state index in [-0.39, 0.29) is 0 Å². The van der Waals surface area contributed by atoms with E-state index in [0.717, 1.165) is 35.7 Å². The summed E-state index contributed by atoms with van der Waals surface area (Å²) in [7, 11) is 1.92. The van der Waals surface area contributed by atoms with Gasteiger partial charge in [0.25, 0.3) is 0 Å². The first-order chi connectivity index (χ1) is 9.60. The molecule has 0 aliphatic carbocycles. The third-order valence-electron chi connectivity index (χ3n) is 3.59. The Bertz CT molecular complexity index is 596. The monoisotopic (exact) mass is 288 g/mol. The number of aldehydes is 1. The highest BCUT2D eigenvalue weighted by atomic mass is 32.2. The quantitative estimate of drug-likeness (QED) is 0.612. The lowest BCUT2D eigenvalue weighted by Gasteiger charge is -2.14. The number of rotatable bonds is 5. The zero-order valence-corrected chi connectivity index (χ0v) is 13.0. The maximum Gasteiger partial charge on any atom is 0.166 e. The van der Waals surface area contributed by atoms with Gasteiger partial charge in [0.05, 0.1) is 5.69 Å². The van der Waals surface area contributed by atoms with Crippen LogP contribution in [0.5, 0.6) is 0 Å². The molecule has 0 saturated heterocycles. The van der Waals surface area contributed by atoms with E-state index < -0.39 is 0 Å². The number of carbonyl (C=O) groups is 1. The van der Waals surface area contributed by atoms with Gasteiger partial charge in [-0.3, -0.25) is 4.79 Å².